The number of rotatable bonds is 5. The lowest BCUT2D eigenvalue weighted by Crippen LogP contribution is -2.10. The smallest absolute Gasteiger partial charge is 0.198 e. The lowest BCUT2D eigenvalue weighted by atomic mass is 10.2. The minimum absolute atomic E-state index is 0.00202. The van der Waals surface area contributed by atoms with E-state index in [2.05, 4.69) is 9.97 Å². The number of ether oxygens (including phenoxy) is 2. The number of H-pyrrole nitrogens is 1. The Morgan fingerprint density at radius 3 is 2.14 bits per heavy atom. The van der Waals surface area contributed by atoms with Crippen molar-refractivity contribution in [1.29, 1.82) is 5.41 Å². The van der Waals surface area contributed by atoms with Crippen molar-refractivity contribution in [2.45, 2.75) is 0 Å². The van der Waals surface area contributed by atoms with Gasteiger partial charge >= 0.3 is 0 Å². The fourth-order valence-electron chi connectivity index (χ4n) is 2.76. The Labute approximate surface area is 160 Å². The van der Waals surface area contributed by atoms with Gasteiger partial charge in [-0.25, -0.2) is 4.98 Å². The Morgan fingerprint density at radius 2 is 1.46 bits per heavy atom. The monoisotopic (exact) mass is 374 g/mol. The molecule has 8 N–H and O–H groups in total. The molecule has 1 heterocycles. The van der Waals surface area contributed by atoms with Gasteiger partial charge in [-0.1, -0.05) is 0 Å². The fourth-order valence-corrected chi connectivity index (χ4v) is 2.76. The molecule has 0 aliphatic carbocycles. The molecule has 8 heteroatoms. The van der Waals surface area contributed by atoms with Gasteiger partial charge in [0.25, 0.3) is 0 Å². The molecule has 0 aliphatic heterocycles. The van der Waals surface area contributed by atoms with Gasteiger partial charge < -0.3 is 31.7 Å². The molecule has 0 spiro atoms. The highest BCUT2D eigenvalue weighted by molar-refractivity contribution is 5.95. The first-order valence-corrected chi connectivity index (χ1v) is 8.42. The lowest BCUT2D eigenvalue weighted by molar-refractivity contribution is 0.461. The summed E-state index contributed by atoms with van der Waals surface area (Å²) in [6.07, 6.45) is 0. The summed E-state index contributed by atoms with van der Waals surface area (Å²) < 4.78 is 11.8. The van der Waals surface area contributed by atoms with Gasteiger partial charge in [0.05, 0.1) is 11.0 Å². The topological polar surface area (TPSA) is 149 Å². The van der Waals surface area contributed by atoms with Crippen LogP contribution in [0.2, 0.25) is 0 Å². The van der Waals surface area contributed by atoms with E-state index < -0.39 is 0 Å². The maximum absolute atomic E-state index is 7.43. The molecule has 0 unspecified atom stereocenters. The number of imidazole rings is 1. The largest absolute Gasteiger partial charge is 0.457 e. The summed E-state index contributed by atoms with van der Waals surface area (Å²) in [5.41, 5.74) is 19.8. The zero-order chi connectivity index (χ0) is 19.7. The number of nitrogens with one attached hydrogen (secondary N) is 2. The quantitative estimate of drug-likeness (QED) is 0.205. The normalized spacial score (nSPS) is 10.7. The molecule has 0 fully saturated rings. The van der Waals surface area contributed by atoms with E-state index >= 15 is 0 Å². The number of nitrogens with zero attached hydrogens (tertiary/aromatic N) is 1. The number of anilines is 2. The standard InChI is InChI=1S/C20H18N6O2/c21-12-7-15(27-13-3-1-11(2-4-13)19(22)23)9-16(8-12)28-14-5-6-17-18(10-14)26-20(24)25-17/h1-10H,21H2,(H3,22,23)(H3,24,25,26). The molecular formula is C20H18N6O2. The van der Waals surface area contributed by atoms with Crippen molar-refractivity contribution in [3.63, 3.8) is 0 Å². The fraction of sp³-hybridized carbons (Fsp3) is 0. The minimum atomic E-state index is 0.00202. The SMILES string of the molecule is N=C(N)c1ccc(Oc2cc(N)cc(Oc3ccc4nc(N)[nH]c4c3)c2)cc1. The molecule has 4 aromatic rings. The Morgan fingerprint density at radius 1 is 0.821 bits per heavy atom. The zero-order valence-corrected chi connectivity index (χ0v) is 14.8. The third-order valence-corrected chi connectivity index (χ3v) is 4.01. The molecule has 0 saturated heterocycles. The van der Waals surface area contributed by atoms with Gasteiger partial charge in [-0.3, -0.25) is 5.41 Å². The van der Waals surface area contributed by atoms with Gasteiger partial charge in [-0.05, 0) is 36.4 Å². The third kappa shape index (κ3) is 3.65. The van der Waals surface area contributed by atoms with Gasteiger partial charge in [0, 0.05) is 35.5 Å². The van der Waals surface area contributed by atoms with Crippen LogP contribution in [0.15, 0.2) is 60.7 Å². The summed E-state index contributed by atoms with van der Waals surface area (Å²) >= 11 is 0. The van der Waals surface area contributed by atoms with E-state index in [-0.39, 0.29) is 5.84 Å². The van der Waals surface area contributed by atoms with Gasteiger partial charge in [-0.15, -0.1) is 0 Å². The van der Waals surface area contributed by atoms with E-state index in [4.69, 9.17) is 32.1 Å². The van der Waals surface area contributed by atoms with Crippen LogP contribution in [0.3, 0.4) is 0 Å². The molecule has 0 bridgehead atoms. The molecule has 1 aromatic heterocycles. The number of benzene rings is 3. The number of fused-ring (bicyclic) bond motifs is 1. The number of hydrogen-bond donors (Lipinski definition) is 5. The summed E-state index contributed by atoms with van der Waals surface area (Å²) in [4.78, 5) is 7.12. The average molecular weight is 374 g/mol. The predicted octanol–water partition coefficient (Wildman–Crippen LogP) is 3.60. The molecule has 0 saturated carbocycles. The van der Waals surface area contributed by atoms with E-state index in [1.54, 1.807) is 48.5 Å². The third-order valence-electron chi connectivity index (χ3n) is 4.01. The number of aromatic nitrogens is 2. The second-order valence-corrected chi connectivity index (χ2v) is 6.18. The van der Waals surface area contributed by atoms with Crippen LogP contribution in [-0.4, -0.2) is 15.8 Å². The van der Waals surface area contributed by atoms with Crippen molar-refractivity contribution in [3.8, 4) is 23.0 Å². The lowest BCUT2D eigenvalue weighted by Gasteiger charge is -2.11. The minimum Gasteiger partial charge on any atom is -0.457 e. The average Bonchev–Trinajstić information content (AvgIpc) is 3.01. The Hall–Kier alpha value is -4.20. The Kier molecular flexibility index (Phi) is 4.21. The summed E-state index contributed by atoms with van der Waals surface area (Å²) in [5, 5.41) is 7.43. The molecule has 0 amide bonds. The molecule has 4 rings (SSSR count). The van der Waals surface area contributed by atoms with Crippen LogP contribution in [0.5, 0.6) is 23.0 Å². The second kappa shape index (κ2) is 6.84. The molecule has 0 radical (unpaired) electrons. The van der Waals surface area contributed by atoms with Crippen LogP contribution in [0, 0.1) is 5.41 Å². The molecular weight excluding hydrogens is 356 g/mol. The number of nitrogen functional groups attached to an aromatic ring is 3. The van der Waals surface area contributed by atoms with Gasteiger partial charge in [0.2, 0.25) is 0 Å². The van der Waals surface area contributed by atoms with E-state index in [1.165, 1.54) is 0 Å². The van der Waals surface area contributed by atoms with Crippen LogP contribution in [0.1, 0.15) is 5.56 Å². The maximum Gasteiger partial charge on any atom is 0.198 e. The van der Waals surface area contributed by atoms with Crippen molar-refractivity contribution in [3.05, 3.63) is 66.2 Å². The van der Waals surface area contributed by atoms with E-state index in [1.807, 2.05) is 12.1 Å². The molecule has 0 aliphatic rings. The first-order chi connectivity index (χ1) is 13.5. The van der Waals surface area contributed by atoms with Crippen LogP contribution in [0.25, 0.3) is 11.0 Å². The highest BCUT2D eigenvalue weighted by atomic mass is 16.5. The maximum atomic E-state index is 7.43. The Balaban J connectivity index is 1.56. The van der Waals surface area contributed by atoms with Crippen molar-refractivity contribution in [2.24, 2.45) is 5.73 Å². The first kappa shape index (κ1) is 17.2. The van der Waals surface area contributed by atoms with E-state index in [9.17, 15) is 0 Å². The second-order valence-electron chi connectivity index (χ2n) is 6.18. The van der Waals surface area contributed by atoms with Crippen molar-refractivity contribution < 1.29 is 9.47 Å². The number of amidine groups is 1. The van der Waals surface area contributed by atoms with Gasteiger partial charge in [-0.2, -0.15) is 0 Å². The molecule has 0 atom stereocenters. The molecule has 140 valence electrons. The Bertz CT molecular complexity index is 1170. The van der Waals surface area contributed by atoms with Crippen molar-refractivity contribution in [2.75, 3.05) is 11.5 Å². The molecule has 3 aromatic carbocycles. The first-order valence-electron chi connectivity index (χ1n) is 8.42. The number of aromatic amines is 1. The number of nitrogens with two attached hydrogens (primary N) is 3. The summed E-state index contributed by atoms with van der Waals surface area (Å²) in [5.74, 6) is 2.61. The van der Waals surface area contributed by atoms with Crippen molar-refractivity contribution >= 4 is 28.5 Å². The van der Waals surface area contributed by atoms with Crippen LogP contribution in [-0.2, 0) is 0 Å². The van der Waals surface area contributed by atoms with Crippen LogP contribution >= 0.6 is 0 Å². The summed E-state index contributed by atoms with van der Waals surface area (Å²) in [6, 6.07) is 17.5. The predicted molar refractivity (Wildman–Crippen MR) is 109 cm³/mol. The van der Waals surface area contributed by atoms with Crippen LogP contribution in [0.4, 0.5) is 11.6 Å². The molecule has 8 nitrogen and oxygen atoms in total. The van der Waals surface area contributed by atoms with E-state index in [0.717, 1.165) is 11.0 Å². The number of hydrogen-bond acceptors (Lipinski definition) is 6. The highest BCUT2D eigenvalue weighted by Gasteiger charge is 2.07. The van der Waals surface area contributed by atoms with Gasteiger partial charge in [0.15, 0.2) is 5.95 Å². The zero-order valence-electron chi connectivity index (χ0n) is 14.8. The summed E-state index contributed by atoms with van der Waals surface area (Å²) in [6.45, 7) is 0. The summed E-state index contributed by atoms with van der Waals surface area (Å²) in [7, 11) is 0. The van der Waals surface area contributed by atoms with Crippen LogP contribution < -0.4 is 26.7 Å². The molecule has 28 heavy (non-hydrogen) atoms. The van der Waals surface area contributed by atoms with E-state index in [0.29, 0.717) is 40.2 Å². The van der Waals surface area contributed by atoms with Crippen molar-refractivity contribution in [1.82, 2.24) is 9.97 Å². The van der Waals surface area contributed by atoms with Gasteiger partial charge in [0.1, 0.15) is 28.8 Å². The highest BCUT2D eigenvalue weighted by Crippen LogP contribution is 2.32.